The van der Waals surface area contributed by atoms with Crippen LogP contribution in [0.15, 0.2) is 30.3 Å². The molecule has 2 aromatic rings. The number of benzene rings is 1. The fraction of sp³-hybridized carbons (Fsp3) is 0.250. The van der Waals surface area contributed by atoms with Crippen LogP contribution in [0.4, 0.5) is 5.69 Å². The summed E-state index contributed by atoms with van der Waals surface area (Å²) in [5, 5.41) is 0. The third-order valence-corrected chi connectivity index (χ3v) is 3.81. The van der Waals surface area contributed by atoms with E-state index >= 15 is 0 Å². The van der Waals surface area contributed by atoms with E-state index in [4.69, 9.17) is 5.73 Å². The normalized spacial score (nSPS) is 13.9. The molecule has 1 aliphatic rings. The number of nitrogens with one attached hydrogen (secondary N) is 1. The van der Waals surface area contributed by atoms with E-state index in [9.17, 15) is 9.59 Å². The molecule has 0 aliphatic carbocycles. The van der Waals surface area contributed by atoms with Crippen LogP contribution >= 0.6 is 0 Å². The summed E-state index contributed by atoms with van der Waals surface area (Å²) in [5.74, 6) is 0.00651. The number of ketones is 1. The van der Waals surface area contributed by atoms with Crippen LogP contribution in [0.5, 0.6) is 0 Å². The van der Waals surface area contributed by atoms with Crippen LogP contribution in [-0.2, 0) is 13.0 Å². The Bertz CT molecular complexity index is 701. The number of nitrogen functional groups attached to an aromatic ring is 1. The lowest BCUT2D eigenvalue weighted by atomic mass is 10.1. The van der Waals surface area contributed by atoms with Crippen LogP contribution in [0, 0.1) is 0 Å². The molecule has 1 aromatic heterocycles. The molecule has 0 saturated carbocycles. The standard InChI is InChI=1S/C16H17N3O2/c1-10(20)15-8-12-9-19(7-6-14(12)18-15)16(21)11-2-4-13(17)5-3-11/h2-5,8,18H,6-7,9,17H2,1H3. The highest BCUT2D eigenvalue weighted by molar-refractivity contribution is 5.95. The predicted octanol–water partition coefficient (Wildman–Crippen LogP) is 2.00. The minimum Gasteiger partial charge on any atom is -0.399 e. The summed E-state index contributed by atoms with van der Waals surface area (Å²) in [7, 11) is 0. The molecule has 1 aromatic carbocycles. The van der Waals surface area contributed by atoms with Crippen molar-refractivity contribution in [3.63, 3.8) is 0 Å². The van der Waals surface area contributed by atoms with Gasteiger partial charge in [0.1, 0.15) is 0 Å². The number of fused-ring (bicyclic) bond motifs is 1. The maximum absolute atomic E-state index is 12.5. The van der Waals surface area contributed by atoms with Crippen molar-refractivity contribution < 1.29 is 9.59 Å². The third-order valence-electron chi connectivity index (χ3n) is 3.81. The van der Waals surface area contributed by atoms with Crippen LogP contribution in [0.25, 0.3) is 0 Å². The molecule has 21 heavy (non-hydrogen) atoms. The van der Waals surface area contributed by atoms with Gasteiger partial charge in [-0.1, -0.05) is 0 Å². The van der Waals surface area contributed by atoms with E-state index in [2.05, 4.69) is 4.98 Å². The average molecular weight is 283 g/mol. The summed E-state index contributed by atoms with van der Waals surface area (Å²) >= 11 is 0. The quantitative estimate of drug-likeness (QED) is 0.653. The lowest BCUT2D eigenvalue weighted by molar-refractivity contribution is 0.0734. The first-order valence-corrected chi connectivity index (χ1v) is 6.91. The van der Waals surface area contributed by atoms with Crippen molar-refractivity contribution in [3.8, 4) is 0 Å². The fourth-order valence-corrected chi connectivity index (χ4v) is 2.61. The molecule has 0 bridgehead atoms. The van der Waals surface area contributed by atoms with Gasteiger partial charge in [-0.15, -0.1) is 0 Å². The first kappa shape index (κ1) is 13.4. The first-order valence-electron chi connectivity index (χ1n) is 6.91. The van der Waals surface area contributed by atoms with Crippen molar-refractivity contribution in [2.75, 3.05) is 12.3 Å². The number of H-pyrrole nitrogens is 1. The molecular weight excluding hydrogens is 266 g/mol. The maximum Gasteiger partial charge on any atom is 0.254 e. The van der Waals surface area contributed by atoms with Gasteiger partial charge >= 0.3 is 0 Å². The second kappa shape index (κ2) is 5.09. The second-order valence-electron chi connectivity index (χ2n) is 5.34. The maximum atomic E-state index is 12.5. The average Bonchev–Trinajstić information content (AvgIpc) is 2.90. The van der Waals surface area contributed by atoms with Gasteiger partial charge in [0, 0.05) is 43.4 Å². The van der Waals surface area contributed by atoms with Crippen LogP contribution in [0.2, 0.25) is 0 Å². The van der Waals surface area contributed by atoms with E-state index in [1.807, 2.05) is 6.07 Å². The van der Waals surface area contributed by atoms with Crippen molar-refractivity contribution in [1.82, 2.24) is 9.88 Å². The van der Waals surface area contributed by atoms with E-state index in [0.717, 1.165) is 17.7 Å². The molecule has 1 aliphatic heterocycles. The third kappa shape index (κ3) is 2.54. The largest absolute Gasteiger partial charge is 0.399 e. The number of aromatic nitrogens is 1. The van der Waals surface area contributed by atoms with Crippen LogP contribution in [0.3, 0.4) is 0 Å². The van der Waals surface area contributed by atoms with Crippen LogP contribution < -0.4 is 5.73 Å². The number of nitrogens with two attached hydrogens (primary N) is 1. The molecule has 3 rings (SSSR count). The van der Waals surface area contributed by atoms with Crippen molar-refractivity contribution in [2.45, 2.75) is 19.9 Å². The summed E-state index contributed by atoms with van der Waals surface area (Å²) in [6.07, 6.45) is 0.739. The molecule has 0 fully saturated rings. The van der Waals surface area contributed by atoms with Crippen LogP contribution in [0.1, 0.15) is 39.0 Å². The molecule has 5 nitrogen and oxygen atoms in total. The number of hydrogen-bond acceptors (Lipinski definition) is 3. The highest BCUT2D eigenvalue weighted by Crippen LogP contribution is 2.22. The Hall–Kier alpha value is -2.56. The van der Waals surface area contributed by atoms with Gasteiger partial charge in [-0.25, -0.2) is 0 Å². The van der Waals surface area contributed by atoms with Crippen molar-refractivity contribution in [3.05, 3.63) is 52.8 Å². The van der Waals surface area contributed by atoms with E-state index in [1.165, 1.54) is 6.92 Å². The fourth-order valence-electron chi connectivity index (χ4n) is 2.61. The Morgan fingerprint density at radius 3 is 2.62 bits per heavy atom. The molecule has 5 heteroatoms. The summed E-state index contributed by atoms with van der Waals surface area (Å²) in [4.78, 5) is 28.8. The topological polar surface area (TPSA) is 79.2 Å². The Labute approximate surface area is 122 Å². The van der Waals surface area contributed by atoms with Gasteiger partial charge in [-0.2, -0.15) is 0 Å². The molecule has 108 valence electrons. The van der Waals surface area contributed by atoms with Gasteiger partial charge in [0.25, 0.3) is 5.91 Å². The minimum atomic E-state index is -0.00812. The molecule has 0 saturated heterocycles. The number of anilines is 1. The number of carbonyl (C=O) groups is 2. The monoisotopic (exact) mass is 283 g/mol. The van der Waals surface area contributed by atoms with Crippen molar-refractivity contribution in [1.29, 1.82) is 0 Å². The predicted molar refractivity (Wildman–Crippen MR) is 80.1 cm³/mol. The lowest BCUT2D eigenvalue weighted by Crippen LogP contribution is -2.35. The molecule has 0 unspecified atom stereocenters. The number of carbonyl (C=O) groups excluding carboxylic acids is 2. The van der Waals surface area contributed by atoms with Crippen molar-refractivity contribution >= 4 is 17.4 Å². The first-order chi connectivity index (χ1) is 10.0. The van der Waals surface area contributed by atoms with Gasteiger partial charge in [0.05, 0.1) is 5.69 Å². The zero-order valence-corrected chi connectivity index (χ0v) is 11.8. The SMILES string of the molecule is CC(=O)c1cc2c([nH]1)CCN(C(=O)c1ccc(N)cc1)C2. The summed E-state index contributed by atoms with van der Waals surface area (Å²) in [6.45, 7) is 2.71. The van der Waals surface area contributed by atoms with Gasteiger partial charge in [0.2, 0.25) is 0 Å². The van der Waals surface area contributed by atoms with Gasteiger partial charge in [0.15, 0.2) is 5.78 Å². The van der Waals surface area contributed by atoms with Crippen LogP contribution in [-0.4, -0.2) is 28.1 Å². The number of amides is 1. The van der Waals surface area contributed by atoms with E-state index in [-0.39, 0.29) is 11.7 Å². The summed E-state index contributed by atoms with van der Waals surface area (Å²) < 4.78 is 0. The number of Topliss-reactive ketones (excluding diaryl/α,β-unsaturated/α-hetero) is 1. The summed E-state index contributed by atoms with van der Waals surface area (Å²) in [5.41, 5.74) is 9.61. The Kier molecular flexibility index (Phi) is 3.25. The second-order valence-corrected chi connectivity index (χ2v) is 5.34. The molecule has 0 spiro atoms. The smallest absolute Gasteiger partial charge is 0.254 e. The van der Waals surface area contributed by atoms with Gasteiger partial charge in [-0.3, -0.25) is 9.59 Å². The van der Waals surface area contributed by atoms with Gasteiger partial charge < -0.3 is 15.6 Å². The number of aromatic amines is 1. The lowest BCUT2D eigenvalue weighted by Gasteiger charge is -2.27. The highest BCUT2D eigenvalue weighted by atomic mass is 16.2. The number of hydrogen-bond donors (Lipinski definition) is 2. The molecule has 1 amide bonds. The highest BCUT2D eigenvalue weighted by Gasteiger charge is 2.23. The zero-order chi connectivity index (χ0) is 15.0. The Balaban J connectivity index is 1.80. The number of nitrogens with zero attached hydrogens (tertiary/aromatic N) is 1. The Morgan fingerprint density at radius 2 is 1.95 bits per heavy atom. The number of rotatable bonds is 2. The molecule has 2 heterocycles. The van der Waals surface area contributed by atoms with Crippen molar-refractivity contribution in [2.24, 2.45) is 0 Å². The zero-order valence-electron chi connectivity index (χ0n) is 11.8. The van der Waals surface area contributed by atoms with E-state index < -0.39 is 0 Å². The summed E-state index contributed by atoms with van der Waals surface area (Å²) in [6, 6.07) is 8.79. The van der Waals surface area contributed by atoms with E-state index in [0.29, 0.717) is 30.0 Å². The molecule has 0 atom stereocenters. The van der Waals surface area contributed by atoms with E-state index in [1.54, 1.807) is 29.2 Å². The molecule has 3 N–H and O–H groups in total. The molecular formula is C16H17N3O2. The molecule has 0 radical (unpaired) electrons. The Morgan fingerprint density at radius 1 is 1.24 bits per heavy atom. The van der Waals surface area contributed by atoms with Gasteiger partial charge in [-0.05, 0) is 35.9 Å². The minimum absolute atomic E-state index is 0.00812.